The molecule has 1 aromatic rings. The molecule has 0 aliphatic carbocycles. The maximum absolute atomic E-state index is 8.76. The van der Waals surface area contributed by atoms with Crippen molar-refractivity contribution in [2.24, 2.45) is 0 Å². The van der Waals surface area contributed by atoms with Crippen molar-refractivity contribution >= 4 is 0 Å². The molecule has 0 amide bonds. The van der Waals surface area contributed by atoms with Crippen molar-refractivity contribution in [3.8, 4) is 5.88 Å². The van der Waals surface area contributed by atoms with Gasteiger partial charge in [0.1, 0.15) is 0 Å². The molecule has 4 heteroatoms. The molecule has 0 fully saturated rings. The Morgan fingerprint density at radius 1 is 1.27 bits per heavy atom. The Labute approximate surface area is 92.1 Å². The van der Waals surface area contributed by atoms with Crippen molar-refractivity contribution in [3.05, 3.63) is 25.0 Å². The summed E-state index contributed by atoms with van der Waals surface area (Å²) < 4.78 is 0. The van der Waals surface area contributed by atoms with Gasteiger partial charge in [-0.05, 0) is 13.8 Å². The van der Waals surface area contributed by atoms with Crippen LogP contribution in [0.5, 0.6) is 5.88 Å². The van der Waals surface area contributed by atoms with Crippen LogP contribution in [0, 0.1) is 21.3 Å². The molecule has 1 aromatic heterocycles. The van der Waals surface area contributed by atoms with Crippen LogP contribution < -0.4 is 0 Å². The topological polar surface area (TPSA) is 46.0 Å². The maximum atomic E-state index is 8.76. The summed E-state index contributed by atoms with van der Waals surface area (Å²) in [5, 5.41) is 8.76. The van der Waals surface area contributed by atoms with Gasteiger partial charge in [-0.15, -0.1) is 0 Å². The Hall–Kier alpha value is -0.0161. The van der Waals surface area contributed by atoms with Crippen LogP contribution in [0.4, 0.5) is 0 Å². The molecule has 0 aliphatic rings. The molecule has 1 radical (unpaired) electrons. The molecule has 1 heterocycles. The zero-order valence-corrected chi connectivity index (χ0v) is 9.83. The van der Waals surface area contributed by atoms with Gasteiger partial charge in [-0.3, -0.25) is 4.98 Å². The average Bonchev–Trinajstić information content (AvgIpc) is 1.80. The van der Waals surface area contributed by atoms with E-state index in [0.717, 1.165) is 11.4 Å². The fourth-order valence-electron chi connectivity index (χ4n) is 0.530. The smallest absolute Gasteiger partial charge is 0.230 e. The zero-order valence-electron chi connectivity index (χ0n) is 7.00. The summed E-state index contributed by atoms with van der Waals surface area (Å²) in [6, 6.07) is 0. The van der Waals surface area contributed by atoms with Crippen molar-refractivity contribution in [3.63, 3.8) is 0 Å². The molecule has 0 unspecified atom stereocenters. The first-order valence-corrected chi connectivity index (χ1v) is 2.69. The van der Waals surface area contributed by atoms with Gasteiger partial charge in [-0.2, -0.15) is 0 Å². The van der Waals surface area contributed by atoms with Gasteiger partial charge in [-0.25, -0.2) is 4.98 Å². The molecule has 1 rings (SSSR count). The van der Waals surface area contributed by atoms with Gasteiger partial charge in [0.15, 0.2) is 0 Å². The monoisotopic (exact) mass is 228 g/mol. The summed E-state index contributed by atoms with van der Waals surface area (Å²) in [4.78, 5) is 7.63. The van der Waals surface area contributed by atoms with E-state index in [0.29, 0.717) is 0 Å². The summed E-state index contributed by atoms with van der Waals surface area (Å²) in [7, 11) is 0. The van der Waals surface area contributed by atoms with Crippen molar-refractivity contribution < 1.29 is 37.8 Å². The summed E-state index contributed by atoms with van der Waals surface area (Å²) in [6.45, 7) is 3.66. The molecule has 0 saturated heterocycles. The van der Waals surface area contributed by atoms with Crippen LogP contribution in [0.25, 0.3) is 0 Å². The number of nitrogens with zero attached hydrogens (tertiary/aromatic N) is 2. The van der Waals surface area contributed by atoms with Gasteiger partial charge in [0.2, 0.25) is 5.88 Å². The Bertz CT molecular complexity index is 228. The molecular formula is C7H11N2OY-. The van der Waals surface area contributed by atoms with E-state index in [-0.39, 0.29) is 46.0 Å². The quantitative estimate of drug-likeness (QED) is 0.679. The molecule has 0 bridgehead atoms. The van der Waals surface area contributed by atoms with Crippen LogP contribution in [0.15, 0.2) is 6.20 Å². The van der Waals surface area contributed by atoms with Crippen LogP contribution in [-0.2, 0) is 32.7 Å². The standard InChI is InChI=1S/C6H8N2O.CH3.Y/c1-4-5(2)8-6(9)3-7-4;;/h3H,1-2H3,(H,8,9);1H3;/q;-1;. The number of hydrogen-bond acceptors (Lipinski definition) is 3. The van der Waals surface area contributed by atoms with E-state index in [1.165, 1.54) is 6.20 Å². The molecular weight excluding hydrogens is 217 g/mol. The third-order valence-corrected chi connectivity index (χ3v) is 1.18. The number of aromatic nitrogens is 2. The van der Waals surface area contributed by atoms with Crippen molar-refractivity contribution in [2.45, 2.75) is 13.8 Å². The summed E-state index contributed by atoms with van der Waals surface area (Å²) in [6.07, 6.45) is 1.34. The van der Waals surface area contributed by atoms with Crippen LogP contribution in [0.1, 0.15) is 11.4 Å². The largest absolute Gasteiger partial charge is 0.492 e. The second-order valence-electron chi connectivity index (χ2n) is 1.90. The predicted molar refractivity (Wildman–Crippen MR) is 39.6 cm³/mol. The SMILES string of the molecule is Cc1ncc(O)nc1C.[CH3-].[Y]. The third-order valence-electron chi connectivity index (χ3n) is 1.18. The molecule has 0 saturated carbocycles. The Balaban J connectivity index is 0. The van der Waals surface area contributed by atoms with Crippen molar-refractivity contribution in [1.29, 1.82) is 0 Å². The van der Waals surface area contributed by atoms with Crippen molar-refractivity contribution in [2.75, 3.05) is 0 Å². The summed E-state index contributed by atoms with van der Waals surface area (Å²) in [5.74, 6) is -0.0156. The Morgan fingerprint density at radius 2 is 1.82 bits per heavy atom. The molecule has 3 nitrogen and oxygen atoms in total. The Morgan fingerprint density at radius 3 is 2.18 bits per heavy atom. The maximum Gasteiger partial charge on any atom is 0.230 e. The van der Waals surface area contributed by atoms with Gasteiger partial charge >= 0.3 is 0 Å². The van der Waals surface area contributed by atoms with Gasteiger partial charge in [-0.1, -0.05) is 0 Å². The van der Waals surface area contributed by atoms with Gasteiger partial charge < -0.3 is 12.5 Å². The van der Waals surface area contributed by atoms with Gasteiger partial charge in [0.05, 0.1) is 17.6 Å². The molecule has 0 aliphatic heterocycles. The predicted octanol–water partition coefficient (Wildman–Crippen LogP) is 1.25. The number of aromatic hydroxyl groups is 1. The Kier molecular flexibility index (Phi) is 6.92. The van der Waals surface area contributed by atoms with Crippen LogP contribution in [0.3, 0.4) is 0 Å². The third kappa shape index (κ3) is 3.78. The first-order chi connectivity index (χ1) is 4.20. The molecule has 0 atom stereocenters. The number of aryl methyl sites for hydroxylation is 2. The molecule has 11 heavy (non-hydrogen) atoms. The van der Waals surface area contributed by atoms with E-state index in [9.17, 15) is 0 Å². The number of hydrogen-bond donors (Lipinski definition) is 1. The van der Waals surface area contributed by atoms with E-state index >= 15 is 0 Å². The van der Waals surface area contributed by atoms with Crippen LogP contribution in [-0.4, -0.2) is 15.1 Å². The van der Waals surface area contributed by atoms with Crippen LogP contribution in [0.2, 0.25) is 0 Å². The fourth-order valence-corrected chi connectivity index (χ4v) is 0.530. The van der Waals surface area contributed by atoms with E-state index in [4.69, 9.17) is 5.11 Å². The fraction of sp³-hybridized carbons (Fsp3) is 0.286. The second-order valence-corrected chi connectivity index (χ2v) is 1.90. The van der Waals surface area contributed by atoms with E-state index < -0.39 is 0 Å². The molecule has 0 aromatic carbocycles. The first-order valence-electron chi connectivity index (χ1n) is 2.69. The van der Waals surface area contributed by atoms with E-state index in [1.807, 2.05) is 13.8 Å². The second kappa shape index (κ2) is 5.61. The molecule has 1 N–H and O–H groups in total. The molecule has 0 spiro atoms. The zero-order chi connectivity index (χ0) is 6.85. The van der Waals surface area contributed by atoms with Crippen LogP contribution >= 0.6 is 0 Å². The minimum absolute atomic E-state index is 0. The van der Waals surface area contributed by atoms with E-state index in [1.54, 1.807) is 0 Å². The minimum Gasteiger partial charge on any atom is -0.492 e. The summed E-state index contributed by atoms with van der Waals surface area (Å²) in [5.41, 5.74) is 1.63. The minimum atomic E-state index is -0.0156. The average molecular weight is 228 g/mol. The van der Waals surface area contributed by atoms with Gasteiger partial charge in [0.25, 0.3) is 0 Å². The van der Waals surface area contributed by atoms with Crippen molar-refractivity contribution in [1.82, 2.24) is 9.97 Å². The van der Waals surface area contributed by atoms with E-state index in [2.05, 4.69) is 9.97 Å². The van der Waals surface area contributed by atoms with Gasteiger partial charge in [0, 0.05) is 32.7 Å². The molecule has 59 valence electrons. The normalized spacial score (nSPS) is 7.82. The summed E-state index contributed by atoms with van der Waals surface area (Å²) >= 11 is 0. The number of rotatable bonds is 0. The first kappa shape index (κ1) is 13.6.